The van der Waals surface area contributed by atoms with Gasteiger partial charge in [-0.2, -0.15) is 0 Å². The van der Waals surface area contributed by atoms with Gasteiger partial charge < -0.3 is 8.47 Å². The van der Waals surface area contributed by atoms with E-state index in [1.807, 2.05) is 0 Å². The Morgan fingerprint density at radius 1 is 0.333 bits per heavy atom. The minimum absolute atomic E-state index is 1.30. The van der Waals surface area contributed by atoms with Gasteiger partial charge in [0.2, 0.25) is 0 Å². The Balaban J connectivity index is 1.41. The largest absolute Gasteiger partial charge is 0.364 e. The van der Waals surface area contributed by atoms with E-state index in [-0.39, 0.29) is 0 Å². The molecule has 0 saturated carbocycles. The van der Waals surface area contributed by atoms with E-state index in [9.17, 15) is 0 Å². The molecule has 9 rings (SSSR count). The average molecular weight is 653 g/mol. The quantitative estimate of drug-likeness (QED) is 0.132. The average Bonchev–Trinajstić information content (AvgIpc) is 3.60. The summed E-state index contributed by atoms with van der Waals surface area (Å²) in [7, 11) is -4.79. The minimum Gasteiger partial charge on any atom is -0.364 e. The van der Waals surface area contributed by atoms with Gasteiger partial charge in [0.1, 0.15) is 0 Å². The Hall–Kier alpha value is -4.91. The number of aryl methyl sites for hydroxylation is 2. The van der Waals surface area contributed by atoms with Gasteiger partial charge in [0, 0.05) is 43.6 Å². The van der Waals surface area contributed by atoms with Crippen LogP contribution in [0, 0.1) is 13.8 Å². The van der Waals surface area contributed by atoms with E-state index < -0.39 is 16.5 Å². The van der Waals surface area contributed by atoms with Crippen LogP contribution >= 0.6 is 0 Å². The van der Waals surface area contributed by atoms with Gasteiger partial charge in [-0.3, -0.25) is 0 Å². The highest BCUT2D eigenvalue weighted by atomic mass is 28.3. The predicted octanol–water partition coefficient (Wildman–Crippen LogP) is 10.7. The normalized spacial score (nSPS) is 12.8. The summed E-state index contributed by atoms with van der Waals surface area (Å²) in [5.41, 5.74) is 7.96. The molecule has 0 aliphatic heterocycles. The standard InChI is InChI=1S/C44H40N2Si2/c1-29-23-25-41-37(27-29)31-15-11-13-21-39(31)45(41)47(3,4)43-33-17-7-9-19-35(33)44(36-20-10-8-18-34(36)43)48(5,6)46-40-22-14-12-16-32(40)38-28-30(2)24-26-42(38)46/h7-28H,1-6H3. The van der Waals surface area contributed by atoms with Crippen LogP contribution in [-0.4, -0.2) is 24.9 Å². The van der Waals surface area contributed by atoms with Crippen LogP contribution in [0.15, 0.2) is 133 Å². The van der Waals surface area contributed by atoms with Crippen molar-refractivity contribution in [3.63, 3.8) is 0 Å². The van der Waals surface area contributed by atoms with E-state index in [0.717, 1.165) is 0 Å². The molecule has 9 aromatic rings. The SMILES string of the molecule is Cc1ccc2c(c1)c1ccccc1n2[Si](C)(C)c1c2ccccc2c([Si](C)(C)n2c3ccccc3c3cc(C)ccc32)c2ccccc12. The lowest BCUT2D eigenvalue weighted by Crippen LogP contribution is -2.53. The Morgan fingerprint density at radius 3 is 0.979 bits per heavy atom. The molecule has 0 aliphatic carbocycles. The maximum absolute atomic E-state index is 2.74. The van der Waals surface area contributed by atoms with E-state index in [2.05, 4.69) is 182 Å². The molecule has 0 atom stereocenters. The second kappa shape index (κ2) is 10.3. The number of hydrogen-bond donors (Lipinski definition) is 0. The molecule has 2 nitrogen and oxygen atoms in total. The number of nitrogens with zero attached hydrogens (tertiary/aromatic N) is 2. The number of para-hydroxylation sites is 2. The molecular weight excluding hydrogens is 613 g/mol. The maximum atomic E-state index is 2.74. The van der Waals surface area contributed by atoms with Crippen LogP contribution in [0.5, 0.6) is 0 Å². The van der Waals surface area contributed by atoms with Gasteiger partial charge in [0.25, 0.3) is 0 Å². The van der Waals surface area contributed by atoms with Crippen molar-refractivity contribution in [1.82, 2.24) is 8.47 Å². The molecule has 0 fully saturated rings. The summed E-state index contributed by atoms with van der Waals surface area (Å²) in [5.74, 6) is 0. The fraction of sp³-hybridized carbons (Fsp3) is 0.136. The van der Waals surface area contributed by atoms with Crippen molar-refractivity contribution in [2.45, 2.75) is 40.0 Å². The molecular formula is C44H40N2Si2. The molecule has 0 aliphatic rings. The first kappa shape index (κ1) is 29.2. The molecule has 0 spiro atoms. The number of aromatic nitrogens is 2. The van der Waals surface area contributed by atoms with Crippen molar-refractivity contribution in [2.75, 3.05) is 0 Å². The van der Waals surface area contributed by atoms with Gasteiger partial charge >= 0.3 is 0 Å². The highest BCUT2D eigenvalue weighted by Crippen LogP contribution is 2.37. The number of benzene rings is 7. The first-order chi connectivity index (χ1) is 23.2. The van der Waals surface area contributed by atoms with Crippen LogP contribution in [0.2, 0.25) is 26.2 Å². The molecule has 2 heterocycles. The lowest BCUT2D eigenvalue weighted by Gasteiger charge is -2.34. The molecule has 2 aromatic heterocycles. The maximum Gasteiger partial charge on any atom is 0.189 e. The Morgan fingerprint density at radius 2 is 0.625 bits per heavy atom. The molecule has 0 amide bonds. The number of fused-ring (bicyclic) bond motifs is 8. The van der Waals surface area contributed by atoms with E-state index in [4.69, 9.17) is 0 Å². The fourth-order valence-electron chi connectivity index (χ4n) is 9.05. The molecule has 0 radical (unpaired) electrons. The summed E-state index contributed by atoms with van der Waals surface area (Å²) >= 11 is 0. The summed E-state index contributed by atoms with van der Waals surface area (Å²) in [6, 6.07) is 50.7. The van der Waals surface area contributed by atoms with Gasteiger partial charge in [-0.15, -0.1) is 0 Å². The Labute approximate surface area is 284 Å². The third-order valence-corrected chi connectivity index (χ3v) is 17.7. The van der Waals surface area contributed by atoms with Crippen LogP contribution in [0.25, 0.3) is 65.2 Å². The van der Waals surface area contributed by atoms with Crippen molar-refractivity contribution >= 4 is 92.0 Å². The first-order valence-corrected chi connectivity index (χ1v) is 23.0. The fourth-order valence-corrected chi connectivity index (χ4v) is 16.2. The monoisotopic (exact) mass is 652 g/mol. The van der Waals surface area contributed by atoms with E-state index >= 15 is 0 Å². The van der Waals surface area contributed by atoms with Crippen molar-refractivity contribution in [2.24, 2.45) is 0 Å². The zero-order valence-corrected chi connectivity index (χ0v) is 30.6. The molecule has 0 saturated heterocycles. The topological polar surface area (TPSA) is 9.86 Å². The second-order valence-electron chi connectivity index (χ2n) is 14.7. The molecule has 0 unspecified atom stereocenters. The highest BCUT2D eigenvalue weighted by Gasteiger charge is 2.38. The van der Waals surface area contributed by atoms with Crippen molar-refractivity contribution in [3.05, 3.63) is 145 Å². The summed E-state index contributed by atoms with van der Waals surface area (Å²) < 4.78 is 5.48. The Kier molecular flexibility index (Phi) is 6.27. The highest BCUT2D eigenvalue weighted by molar-refractivity contribution is 6.96. The van der Waals surface area contributed by atoms with E-state index in [0.29, 0.717) is 0 Å². The third-order valence-electron chi connectivity index (χ3n) is 10.9. The van der Waals surface area contributed by atoms with Crippen molar-refractivity contribution in [3.8, 4) is 0 Å². The third kappa shape index (κ3) is 3.96. The summed E-state index contributed by atoms with van der Waals surface area (Å²) in [6.07, 6.45) is 0. The smallest absolute Gasteiger partial charge is 0.189 e. The van der Waals surface area contributed by atoms with E-state index in [1.54, 1.807) is 0 Å². The van der Waals surface area contributed by atoms with Crippen LogP contribution in [0.4, 0.5) is 0 Å². The summed E-state index contributed by atoms with van der Waals surface area (Å²) in [6.45, 7) is 14.7. The van der Waals surface area contributed by atoms with Gasteiger partial charge in [-0.25, -0.2) is 0 Å². The lowest BCUT2D eigenvalue weighted by atomic mass is 10.0. The van der Waals surface area contributed by atoms with Gasteiger partial charge in [0.15, 0.2) is 16.5 Å². The zero-order chi connectivity index (χ0) is 32.9. The van der Waals surface area contributed by atoms with Crippen molar-refractivity contribution < 1.29 is 0 Å². The van der Waals surface area contributed by atoms with Gasteiger partial charge in [-0.05, 0) is 108 Å². The minimum atomic E-state index is -2.40. The Bertz CT molecular complexity index is 2510. The summed E-state index contributed by atoms with van der Waals surface area (Å²) in [5, 5.41) is 14.0. The van der Waals surface area contributed by atoms with Gasteiger partial charge in [0.05, 0.1) is 0 Å². The van der Waals surface area contributed by atoms with E-state index in [1.165, 1.54) is 86.7 Å². The molecule has 234 valence electrons. The molecule has 4 heteroatoms. The van der Waals surface area contributed by atoms with Crippen LogP contribution in [-0.2, 0) is 0 Å². The zero-order valence-electron chi connectivity index (χ0n) is 28.6. The first-order valence-electron chi connectivity index (χ1n) is 17.1. The van der Waals surface area contributed by atoms with Crippen LogP contribution in [0.3, 0.4) is 0 Å². The van der Waals surface area contributed by atoms with Crippen molar-refractivity contribution in [1.29, 1.82) is 0 Å². The van der Waals surface area contributed by atoms with Gasteiger partial charge in [-0.1, -0.05) is 108 Å². The molecule has 48 heavy (non-hydrogen) atoms. The molecule has 7 aromatic carbocycles. The predicted molar refractivity (Wildman–Crippen MR) is 215 cm³/mol. The van der Waals surface area contributed by atoms with Crippen LogP contribution in [0.1, 0.15) is 11.1 Å². The number of hydrogen-bond acceptors (Lipinski definition) is 0. The number of rotatable bonds is 4. The lowest BCUT2D eigenvalue weighted by molar-refractivity contribution is 1.27. The molecule has 0 N–H and O–H groups in total. The second-order valence-corrected chi connectivity index (χ2v) is 22.8. The summed E-state index contributed by atoms with van der Waals surface area (Å²) in [4.78, 5) is 0. The van der Waals surface area contributed by atoms with Crippen LogP contribution < -0.4 is 10.4 Å². The molecule has 0 bridgehead atoms.